The number of benzene rings is 2. The van der Waals surface area contributed by atoms with Crippen molar-refractivity contribution in [3.8, 4) is 17.6 Å². The van der Waals surface area contributed by atoms with Crippen molar-refractivity contribution >= 4 is 0 Å². The Labute approximate surface area is 110 Å². The molecular weight excluding hydrogens is 245 g/mol. The van der Waals surface area contributed by atoms with E-state index < -0.39 is 12.4 Å². The minimum absolute atomic E-state index is 0.128. The van der Waals surface area contributed by atoms with Gasteiger partial charge in [0.05, 0.1) is 24.7 Å². The van der Waals surface area contributed by atoms with Crippen LogP contribution in [0.25, 0.3) is 0 Å². The Morgan fingerprint density at radius 2 is 1.89 bits per heavy atom. The summed E-state index contributed by atoms with van der Waals surface area (Å²) >= 11 is 0. The average Bonchev–Trinajstić information content (AvgIpc) is 2.42. The van der Waals surface area contributed by atoms with E-state index in [-0.39, 0.29) is 11.3 Å². The molecule has 96 valence electrons. The predicted molar refractivity (Wildman–Crippen MR) is 68.2 cm³/mol. The maximum absolute atomic E-state index is 13.4. The number of aliphatic hydroxyl groups excluding tert-OH is 1. The summed E-state index contributed by atoms with van der Waals surface area (Å²) < 4.78 is 19.0. The summed E-state index contributed by atoms with van der Waals surface area (Å²) in [6.07, 6.45) is 0.335. The molecule has 1 N–H and O–H groups in total. The summed E-state index contributed by atoms with van der Waals surface area (Å²) in [7, 11) is 0. The first kappa shape index (κ1) is 13.1. The van der Waals surface area contributed by atoms with E-state index in [1.807, 2.05) is 0 Å². The molecule has 0 aliphatic rings. The zero-order chi connectivity index (χ0) is 13.7. The minimum Gasteiger partial charge on any atom is -0.457 e. The topological polar surface area (TPSA) is 53.2 Å². The lowest BCUT2D eigenvalue weighted by molar-refractivity contribution is 0.270. The van der Waals surface area contributed by atoms with Gasteiger partial charge in [-0.15, -0.1) is 0 Å². The molecule has 0 aliphatic heterocycles. The van der Waals surface area contributed by atoms with Gasteiger partial charge in [0.2, 0.25) is 0 Å². The fourth-order valence-electron chi connectivity index (χ4n) is 1.68. The lowest BCUT2D eigenvalue weighted by Crippen LogP contribution is -1.95. The molecule has 0 saturated carbocycles. The average molecular weight is 257 g/mol. The first-order valence-corrected chi connectivity index (χ1v) is 5.76. The van der Waals surface area contributed by atoms with Gasteiger partial charge in [-0.3, -0.25) is 0 Å². The monoisotopic (exact) mass is 257 g/mol. The van der Waals surface area contributed by atoms with Crippen LogP contribution in [-0.4, -0.2) is 5.11 Å². The van der Waals surface area contributed by atoms with E-state index in [0.717, 1.165) is 5.56 Å². The number of aliphatic hydroxyl groups is 1. The van der Waals surface area contributed by atoms with Gasteiger partial charge in [-0.1, -0.05) is 18.2 Å². The molecule has 19 heavy (non-hydrogen) atoms. The largest absolute Gasteiger partial charge is 0.457 e. The summed E-state index contributed by atoms with van der Waals surface area (Å²) in [4.78, 5) is 0. The Morgan fingerprint density at radius 3 is 2.53 bits per heavy atom. The second kappa shape index (κ2) is 5.98. The SMILES string of the molecule is N#CCc1ccc(Oc2cccc(F)c2CO)cc1. The molecule has 0 saturated heterocycles. The van der Waals surface area contributed by atoms with Crippen molar-refractivity contribution in [3.05, 3.63) is 59.4 Å². The van der Waals surface area contributed by atoms with Crippen molar-refractivity contribution in [1.82, 2.24) is 0 Å². The number of halogens is 1. The van der Waals surface area contributed by atoms with E-state index in [2.05, 4.69) is 6.07 Å². The highest BCUT2D eigenvalue weighted by molar-refractivity contribution is 5.39. The highest BCUT2D eigenvalue weighted by Gasteiger charge is 2.09. The molecular formula is C15H12FNO2. The van der Waals surface area contributed by atoms with Crippen molar-refractivity contribution < 1.29 is 14.2 Å². The molecule has 0 spiro atoms. The van der Waals surface area contributed by atoms with E-state index in [9.17, 15) is 4.39 Å². The Bertz CT molecular complexity index is 603. The fraction of sp³-hybridized carbons (Fsp3) is 0.133. The zero-order valence-electron chi connectivity index (χ0n) is 10.1. The molecule has 0 fully saturated rings. The molecule has 0 atom stereocenters. The molecule has 3 nitrogen and oxygen atoms in total. The van der Waals surface area contributed by atoms with Crippen molar-refractivity contribution in [3.63, 3.8) is 0 Å². The maximum Gasteiger partial charge on any atom is 0.135 e. The lowest BCUT2D eigenvalue weighted by Gasteiger charge is -2.10. The van der Waals surface area contributed by atoms with Gasteiger partial charge >= 0.3 is 0 Å². The number of hydrogen-bond donors (Lipinski definition) is 1. The van der Waals surface area contributed by atoms with Crippen molar-refractivity contribution in [2.24, 2.45) is 0 Å². The quantitative estimate of drug-likeness (QED) is 0.915. The first-order valence-electron chi connectivity index (χ1n) is 5.76. The van der Waals surface area contributed by atoms with Gasteiger partial charge in [0, 0.05) is 0 Å². The predicted octanol–water partition coefficient (Wildman–Crippen LogP) is 3.18. The highest BCUT2D eigenvalue weighted by atomic mass is 19.1. The van der Waals surface area contributed by atoms with Crippen LogP contribution in [0.5, 0.6) is 11.5 Å². The van der Waals surface area contributed by atoms with Crippen LogP contribution in [0.1, 0.15) is 11.1 Å². The molecule has 0 aromatic heterocycles. The van der Waals surface area contributed by atoms with Crippen molar-refractivity contribution in [2.45, 2.75) is 13.0 Å². The summed E-state index contributed by atoms with van der Waals surface area (Å²) in [5.74, 6) is 0.318. The third-order valence-electron chi connectivity index (χ3n) is 2.67. The van der Waals surface area contributed by atoms with E-state index in [1.54, 1.807) is 30.3 Å². The Kier molecular flexibility index (Phi) is 4.11. The van der Waals surface area contributed by atoms with Crippen LogP contribution in [0.4, 0.5) is 4.39 Å². The second-order valence-electron chi connectivity index (χ2n) is 3.96. The molecule has 2 aromatic rings. The molecule has 0 unspecified atom stereocenters. The van der Waals surface area contributed by atoms with Gasteiger partial charge in [-0.25, -0.2) is 4.39 Å². The van der Waals surface area contributed by atoms with Gasteiger partial charge in [0.15, 0.2) is 0 Å². The van der Waals surface area contributed by atoms with Crippen LogP contribution < -0.4 is 4.74 Å². The third-order valence-corrected chi connectivity index (χ3v) is 2.67. The van der Waals surface area contributed by atoms with Crippen molar-refractivity contribution in [2.75, 3.05) is 0 Å². The smallest absolute Gasteiger partial charge is 0.135 e. The van der Waals surface area contributed by atoms with E-state index in [1.165, 1.54) is 12.1 Å². The molecule has 4 heteroatoms. The van der Waals surface area contributed by atoms with E-state index in [0.29, 0.717) is 12.2 Å². The van der Waals surface area contributed by atoms with E-state index in [4.69, 9.17) is 15.1 Å². The molecule has 2 aromatic carbocycles. The van der Waals surface area contributed by atoms with E-state index >= 15 is 0 Å². The fourth-order valence-corrected chi connectivity index (χ4v) is 1.68. The standard InChI is InChI=1S/C15H12FNO2/c16-14-2-1-3-15(13(14)10-18)19-12-6-4-11(5-7-12)8-9-17/h1-7,18H,8,10H2. The number of nitrogens with zero attached hydrogens (tertiary/aromatic N) is 1. The summed E-state index contributed by atoms with van der Waals surface area (Å²) in [6.45, 7) is -0.422. The van der Waals surface area contributed by atoms with Crippen LogP contribution in [0, 0.1) is 17.1 Å². The Hall–Kier alpha value is -2.38. The van der Waals surface area contributed by atoms with Crippen LogP contribution in [0.2, 0.25) is 0 Å². The number of nitriles is 1. The summed E-state index contributed by atoms with van der Waals surface area (Å²) in [5.41, 5.74) is 1.01. The molecule has 2 rings (SSSR count). The number of hydrogen-bond acceptors (Lipinski definition) is 3. The summed E-state index contributed by atoms with van der Waals surface area (Å²) in [5, 5.41) is 17.7. The Morgan fingerprint density at radius 1 is 1.16 bits per heavy atom. The maximum atomic E-state index is 13.4. The van der Waals surface area contributed by atoms with Gasteiger partial charge in [0.25, 0.3) is 0 Å². The van der Waals surface area contributed by atoms with Gasteiger partial charge in [-0.2, -0.15) is 5.26 Å². The molecule has 0 radical (unpaired) electrons. The summed E-state index contributed by atoms with van der Waals surface area (Å²) in [6, 6.07) is 13.4. The van der Waals surface area contributed by atoms with Crippen molar-refractivity contribution in [1.29, 1.82) is 5.26 Å². The normalized spacial score (nSPS) is 9.95. The molecule has 0 aliphatic carbocycles. The van der Waals surface area contributed by atoms with Gasteiger partial charge in [0.1, 0.15) is 17.3 Å². The molecule has 0 bridgehead atoms. The van der Waals surface area contributed by atoms with Gasteiger partial charge < -0.3 is 9.84 Å². The third kappa shape index (κ3) is 3.09. The molecule has 0 amide bonds. The number of ether oxygens (including phenoxy) is 1. The zero-order valence-corrected chi connectivity index (χ0v) is 10.1. The number of rotatable bonds is 4. The second-order valence-corrected chi connectivity index (χ2v) is 3.96. The Balaban J connectivity index is 2.22. The molecule has 0 heterocycles. The minimum atomic E-state index is -0.499. The lowest BCUT2D eigenvalue weighted by atomic mass is 10.1. The first-order chi connectivity index (χ1) is 9.24. The highest BCUT2D eigenvalue weighted by Crippen LogP contribution is 2.27. The van der Waals surface area contributed by atoms with Crippen LogP contribution in [0.3, 0.4) is 0 Å². The van der Waals surface area contributed by atoms with Crippen LogP contribution in [0.15, 0.2) is 42.5 Å². The van der Waals surface area contributed by atoms with Gasteiger partial charge in [-0.05, 0) is 29.8 Å². The van der Waals surface area contributed by atoms with Crippen LogP contribution in [-0.2, 0) is 13.0 Å². The van der Waals surface area contributed by atoms with Crippen LogP contribution >= 0.6 is 0 Å².